The summed E-state index contributed by atoms with van der Waals surface area (Å²) in [7, 11) is 2.64. The normalized spacial score (nSPS) is 19.7. The molecule has 0 saturated carbocycles. The van der Waals surface area contributed by atoms with Gasteiger partial charge in [0.05, 0.1) is 20.1 Å². The highest BCUT2D eigenvalue weighted by molar-refractivity contribution is 5.71. The number of esters is 1. The van der Waals surface area contributed by atoms with Crippen molar-refractivity contribution in [3.8, 4) is 11.5 Å². The summed E-state index contributed by atoms with van der Waals surface area (Å²) in [6.45, 7) is -0.234. The topological polar surface area (TPSA) is 54.0 Å². The Morgan fingerprint density at radius 2 is 2.03 bits per heavy atom. The van der Waals surface area contributed by atoms with E-state index in [2.05, 4.69) is 0 Å². The Bertz CT molecular complexity index is 943. The molecule has 0 amide bonds. The van der Waals surface area contributed by atoms with Gasteiger partial charge in [0.2, 0.25) is 0 Å². The van der Waals surface area contributed by atoms with Crippen LogP contribution in [0.5, 0.6) is 11.5 Å². The molecule has 1 aliphatic carbocycles. The average Bonchev–Trinajstić information content (AvgIpc) is 3.32. The third-order valence-corrected chi connectivity index (χ3v) is 5.72. The van der Waals surface area contributed by atoms with E-state index in [1.165, 1.54) is 20.3 Å². The van der Waals surface area contributed by atoms with Gasteiger partial charge in [-0.2, -0.15) is 8.78 Å². The molecule has 1 aliphatic heterocycles. The van der Waals surface area contributed by atoms with Crippen molar-refractivity contribution >= 4 is 5.97 Å². The molecule has 0 radical (unpaired) electrons. The maximum Gasteiger partial charge on any atom is 0.306 e. The zero-order chi connectivity index (χ0) is 21.3. The monoisotopic (exact) mass is 418 g/mol. The second-order valence-corrected chi connectivity index (χ2v) is 7.64. The van der Waals surface area contributed by atoms with E-state index in [9.17, 15) is 13.6 Å². The molecular formula is C23H24F2O5. The zero-order valence-corrected chi connectivity index (χ0v) is 17.0. The highest BCUT2D eigenvalue weighted by Crippen LogP contribution is 2.43. The molecule has 2 aromatic carbocycles. The lowest BCUT2D eigenvalue weighted by Gasteiger charge is -2.20. The van der Waals surface area contributed by atoms with Crippen LogP contribution in [-0.4, -0.2) is 33.4 Å². The van der Waals surface area contributed by atoms with Gasteiger partial charge in [-0.25, -0.2) is 0 Å². The number of carbonyl (C=O) groups excluding carboxylic acids is 1. The SMILES string of the molecule is COCC(F)(F)c1cccc2c1CC[C@H]2Oc1ccc2c(c1)OC[C@H]2CC(=O)OC. The quantitative estimate of drug-likeness (QED) is 0.619. The van der Waals surface area contributed by atoms with Gasteiger partial charge in [-0.1, -0.05) is 24.3 Å². The first-order valence-electron chi connectivity index (χ1n) is 9.92. The largest absolute Gasteiger partial charge is 0.492 e. The minimum Gasteiger partial charge on any atom is -0.492 e. The van der Waals surface area contributed by atoms with E-state index in [-0.39, 0.29) is 30.0 Å². The van der Waals surface area contributed by atoms with Gasteiger partial charge in [-0.05, 0) is 30.0 Å². The molecule has 2 aromatic rings. The smallest absolute Gasteiger partial charge is 0.306 e. The molecule has 2 aliphatic rings. The summed E-state index contributed by atoms with van der Waals surface area (Å²) in [6.07, 6.45) is 1.11. The average molecular weight is 418 g/mol. The van der Waals surface area contributed by atoms with Crippen molar-refractivity contribution in [2.24, 2.45) is 0 Å². The number of rotatable bonds is 7. The number of alkyl halides is 2. The van der Waals surface area contributed by atoms with Gasteiger partial charge in [0.25, 0.3) is 5.92 Å². The Morgan fingerprint density at radius 1 is 1.20 bits per heavy atom. The van der Waals surface area contributed by atoms with E-state index in [1.807, 2.05) is 18.2 Å². The number of ether oxygens (including phenoxy) is 4. The molecule has 2 atom stereocenters. The molecule has 0 saturated heterocycles. The van der Waals surface area contributed by atoms with Gasteiger partial charge < -0.3 is 18.9 Å². The number of fused-ring (bicyclic) bond motifs is 2. The summed E-state index contributed by atoms with van der Waals surface area (Å²) in [5, 5.41) is 0. The van der Waals surface area contributed by atoms with E-state index in [1.54, 1.807) is 12.1 Å². The third-order valence-electron chi connectivity index (χ3n) is 5.72. The van der Waals surface area contributed by atoms with Crippen LogP contribution in [0.4, 0.5) is 8.78 Å². The second-order valence-electron chi connectivity index (χ2n) is 7.64. The van der Waals surface area contributed by atoms with E-state index in [4.69, 9.17) is 18.9 Å². The van der Waals surface area contributed by atoms with Crippen LogP contribution in [0.25, 0.3) is 0 Å². The number of carbonyl (C=O) groups is 1. The maximum absolute atomic E-state index is 14.5. The van der Waals surface area contributed by atoms with Gasteiger partial charge in [-0.3, -0.25) is 4.79 Å². The van der Waals surface area contributed by atoms with E-state index in [0.717, 1.165) is 11.1 Å². The molecular weight excluding hydrogens is 394 g/mol. The fourth-order valence-corrected chi connectivity index (χ4v) is 4.29. The Kier molecular flexibility index (Phi) is 5.64. The molecule has 1 heterocycles. The molecule has 30 heavy (non-hydrogen) atoms. The van der Waals surface area contributed by atoms with Crippen molar-refractivity contribution in [2.45, 2.75) is 37.2 Å². The highest BCUT2D eigenvalue weighted by atomic mass is 19.3. The van der Waals surface area contributed by atoms with E-state index >= 15 is 0 Å². The zero-order valence-electron chi connectivity index (χ0n) is 17.0. The van der Waals surface area contributed by atoms with Crippen LogP contribution in [0.3, 0.4) is 0 Å². The molecule has 5 nitrogen and oxygen atoms in total. The predicted molar refractivity (Wildman–Crippen MR) is 105 cm³/mol. The molecule has 0 fully saturated rings. The lowest BCUT2D eigenvalue weighted by atomic mass is 9.97. The number of benzene rings is 2. The number of hydrogen-bond donors (Lipinski definition) is 0. The first kappa shape index (κ1) is 20.6. The number of halogens is 2. The Balaban J connectivity index is 1.52. The summed E-state index contributed by atoms with van der Waals surface area (Å²) in [5.41, 5.74) is 2.38. The van der Waals surface area contributed by atoms with Crippen LogP contribution in [0.15, 0.2) is 36.4 Å². The van der Waals surface area contributed by atoms with E-state index < -0.39 is 12.5 Å². The third kappa shape index (κ3) is 3.86. The van der Waals surface area contributed by atoms with Crippen LogP contribution in [0, 0.1) is 0 Å². The predicted octanol–water partition coefficient (Wildman–Crippen LogP) is 4.53. The summed E-state index contributed by atoms with van der Waals surface area (Å²) in [4.78, 5) is 11.6. The van der Waals surface area contributed by atoms with Crippen LogP contribution < -0.4 is 9.47 Å². The minimum absolute atomic E-state index is 0.0101. The lowest BCUT2D eigenvalue weighted by Crippen LogP contribution is -2.22. The van der Waals surface area contributed by atoms with Gasteiger partial charge >= 0.3 is 5.97 Å². The highest BCUT2D eigenvalue weighted by Gasteiger charge is 2.38. The van der Waals surface area contributed by atoms with Gasteiger partial charge in [0, 0.05) is 30.2 Å². The summed E-state index contributed by atoms with van der Waals surface area (Å²) >= 11 is 0. The van der Waals surface area contributed by atoms with Gasteiger partial charge in [-0.15, -0.1) is 0 Å². The van der Waals surface area contributed by atoms with Crippen LogP contribution in [0.2, 0.25) is 0 Å². The Morgan fingerprint density at radius 3 is 2.80 bits per heavy atom. The summed E-state index contributed by atoms with van der Waals surface area (Å²) in [5.74, 6) is -2.07. The molecule has 0 bridgehead atoms. The van der Waals surface area contributed by atoms with Crippen molar-refractivity contribution in [1.82, 2.24) is 0 Å². The van der Waals surface area contributed by atoms with E-state index in [0.29, 0.717) is 36.5 Å². The summed E-state index contributed by atoms with van der Waals surface area (Å²) < 4.78 is 50.2. The number of hydrogen-bond acceptors (Lipinski definition) is 5. The van der Waals surface area contributed by atoms with Crippen molar-refractivity contribution < 1.29 is 32.5 Å². The first-order valence-corrected chi connectivity index (χ1v) is 9.92. The molecule has 0 aromatic heterocycles. The minimum atomic E-state index is -3.04. The van der Waals surface area contributed by atoms with Crippen molar-refractivity contribution in [2.75, 3.05) is 27.4 Å². The first-order chi connectivity index (χ1) is 14.4. The lowest BCUT2D eigenvalue weighted by molar-refractivity contribution is -0.141. The Hall–Kier alpha value is -2.67. The van der Waals surface area contributed by atoms with Crippen LogP contribution in [-0.2, 0) is 26.6 Å². The summed E-state index contributed by atoms with van der Waals surface area (Å²) in [6, 6.07) is 10.5. The molecule has 160 valence electrons. The Labute approximate surface area is 173 Å². The van der Waals surface area contributed by atoms with Crippen molar-refractivity contribution in [1.29, 1.82) is 0 Å². The molecule has 0 unspecified atom stereocenters. The standard InChI is InChI=1S/C23H24F2O5/c1-27-13-23(24,25)19-5-3-4-18-17(19)8-9-20(18)30-15-6-7-16-14(10-22(26)28-2)12-29-21(16)11-15/h3-7,11,14,20H,8-10,12-13H2,1-2H3/t14-,20-/m1/s1. The van der Waals surface area contributed by atoms with Crippen molar-refractivity contribution in [3.05, 3.63) is 58.7 Å². The molecule has 4 rings (SSSR count). The fourth-order valence-electron chi connectivity index (χ4n) is 4.29. The van der Waals surface area contributed by atoms with Crippen LogP contribution in [0.1, 0.15) is 47.1 Å². The molecule has 7 heteroatoms. The molecule has 0 spiro atoms. The maximum atomic E-state index is 14.5. The second kappa shape index (κ2) is 8.22. The number of methoxy groups -OCH3 is 2. The van der Waals surface area contributed by atoms with Gasteiger partial charge in [0.15, 0.2) is 0 Å². The van der Waals surface area contributed by atoms with Crippen molar-refractivity contribution in [3.63, 3.8) is 0 Å². The molecule has 0 N–H and O–H groups in total. The van der Waals surface area contributed by atoms with Gasteiger partial charge in [0.1, 0.15) is 24.2 Å². The van der Waals surface area contributed by atoms with Crippen LogP contribution >= 0.6 is 0 Å². The fraction of sp³-hybridized carbons (Fsp3) is 0.435.